The van der Waals surface area contributed by atoms with Crippen LogP contribution in [0.4, 0.5) is 0 Å². The van der Waals surface area contributed by atoms with Gasteiger partial charge in [0, 0.05) is 13.1 Å². The molecule has 0 N–H and O–H groups in total. The van der Waals surface area contributed by atoms with E-state index in [1.807, 2.05) is 23.6 Å². The minimum atomic E-state index is -0.272. The van der Waals surface area contributed by atoms with Crippen LogP contribution >= 0.6 is 0 Å². The van der Waals surface area contributed by atoms with Crippen molar-refractivity contribution >= 4 is 11.8 Å². The van der Waals surface area contributed by atoms with Crippen molar-refractivity contribution in [3.05, 3.63) is 0 Å². The van der Waals surface area contributed by atoms with Gasteiger partial charge in [0.25, 0.3) is 0 Å². The number of hydrogen-bond donors (Lipinski definition) is 0. The van der Waals surface area contributed by atoms with Crippen LogP contribution in [0.2, 0.25) is 0 Å². The van der Waals surface area contributed by atoms with E-state index in [1.165, 1.54) is 0 Å². The lowest BCUT2D eigenvalue weighted by molar-refractivity contribution is -0.156. The third-order valence-corrected chi connectivity index (χ3v) is 6.00. The first-order valence-electron chi connectivity index (χ1n) is 10.3. The Morgan fingerprint density at radius 2 is 1.21 bits per heavy atom. The van der Waals surface area contributed by atoms with E-state index in [4.69, 9.17) is 18.9 Å². The third kappa shape index (κ3) is 5.65. The summed E-state index contributed by atoms with van der Waals surface area (Å²) in [6.07, 6.45) is 1.67. The molecule has 2 fully saturated rings. The fourth-order valence-corrected chi connectivity index (χ4v) is 3.62. The largest absolute Gasteiger partial charge is 0.377 e. The second-order valence-corrected chi connectivity index (χ2v) is 8.00. The molecule has 2 aliphatic heterocycles. The monoisotopic (exact) mass is 400 g/mol. The van der Waals surface area contributed by atoms with Crippen LogP contribution in [-0.4, -0.2) is 98.6 Å². The van der Waals surface area contributed by atoms with Crippen molar-refractivity contribution < 1.29 is 28.5 Å². The van der Waals surface area contributed by atoms with E-state index in [0.717, 1.165) is 12.8 Å². The Labute approximate surface area is 168 Å². The molecule has 0 aromatic carbocycles. The molecule has 162 valence electrons. The van der Waals surface area contributed by atoms with Gasteiger partial charge in [-0.25, -0.2) is 0 Å². The van der Waals surface area contributed by atoms with E-state index >= 15 is 0 Å². The Morgan fingerprint density at radius 3 is 1.57 bits per heavy atom. The predicted molar refractivity (Wildman–Crippen MR) is 104 cm³/mol. The van der Waals surface area contributed by atoms with Crippen LogP contribution in [0.25, 0.3) is 0 Å². The van der Waals surface area contributed by atoms with Crippen molar-refractivity contribution in [2.45, 2.75) is 51.6 Å². The van der Waals surface area contributed by atoms with E-state index in [1.54, 1.807) is 0 Å². The Hall–Kier alpha value is -1.22. The van der Waals surface area contributed by atoms with Crippen LogP contribution in [0.1, 0.15) is 40.5 Å². The number of carbonyl (C=O) groups is 2. The first-order chi connectivity index (χ1) is 13.4. The van der Waals surface area contributed by atoms with Gasteiger partial charge in [-0.15, -0.1) is 0 Å². The number of hydrogen-bond acceptors (Lipinski definition) is 6. The molecule has 0 aliphatic carbocycles. The lowest BCUT2D eigenvalue weighted by Crippen LogP contribution is -2.58. The molecular weight excluding hydrogens is 364 g/mol. The lowest BCUT2D eigenvalue weighted by Gasteiger charge is -2.44. The van der Waals surface area contributed by atoms with Crippen molar-refractivity contribution in [2.75, 3.05) is 65.9 Å². The molecule has 2 saturated heterocycles. The summed E-state index contributed by atoms with van der Waals surface area (Å²) in [5, 5.41) is 0. The maximum absolute atomic E-state index is 12.5. The van der Waals surface area contributed by atoms with Crippen LogP contribution in [0.15, 0.2) is 0 Å². The van der Waals surface area contributed by atoms with Crippen LogP contribution in [0.5, 0.6) is 0 Å². The fourth-order valence-electron chi connectivity index (χ4n) is 3.62. The van der Waals surface area contributed by atoms with Crippen molar-refractivity contribution in [3.8, 4) is 0 Å². The highest BCUT2D eigenvalue weighted by Gasteiger charge is 2.37. The molecule has 0 bridgehead atoms. The first-order valence-corrected chi connectivity index (χ1v) is 10.3. The predicted octanol–water partition coefficient (Wildman–Crippen LogP) is 1.07. The highest BCUT2D eigenvalue weighted by molar-refractivity contribution is 5.79. The average molecular weight is 401 g/mol. The molecule has 2 unspecified atom stereocenters. The number of rotatable bonds is 9. The zero-order chi connectivity index (χ0) is 20.6. The molecule has 0 spiro atoms. The topological polar surface area (TPSA) is 77.5 Å². The number of nitrogens with zero attached hydrogens (tertiary/aromatic N) is 2. The van der Waals surface area contributed by atoms with Gasteiger partial charge in [-0.3, -0.25) is 9.59 Å². The number of morpholine rings is 2. The average Bonchev–Trinajstić information content (AvgIpc) is 2.70. The third-order valence-electron chi connectivity index (χ3n) is 6.00. The lowest BCUT2D eigenvalue weighted by atomic mass is 9.96. The minimum Gasteiger partial charge on any atom is -0.377 e. The Bertz CT molecular complexity index is 485. The summed E-state index contributed by atoms with van der Waals surface area (Å²) < 4.78 is 22.0. The van der Waals surface area contributed by atoms with E-state index in [0.29, 0.717) is 39.5 Å². The molecule has 2 amide bonds. The van der Waals surface area contributed by atoms with Crippen LogP contribution in [-0.2, 0) is 28.5 Å². The molecule has 2 rings (SSSR count). The van der Waals surface area contributed by atoms with Crippen molar-refractivity contribution in [1.82, 2.24) is 9.80 Å². The van der Waals surface area contributed by atoms with Gasteiger partial charge in [0.2, 0.25) is 11.8 Å². The van der Waals surface area contributed by atoms with Crippen LogP contribution in [0, 0.1) is 0 Å². The van der Waals surface area contributed by atoms with Gasteiger partial charge >= 0.3 is 0 Å². The van der Waals surface area contributed by atoms with Gasteiger partial charge in [0.05, 0.1) is 50.7 Å². The molecule has 0 radical (unpaired) electrons. The van der Waals surface area contributed by atoms with E-state index in [9.17, 15) is 9.59 Å². The number of amides is 2. The maximum Gasteiger partial charge on any atom is 0.249 e. The van der Waals surface area contributed by atoms with E-state index < -0.39 is 0 Å². The van der Waals surface area contributed by atoms with Gasteiger partial charge in [-0.1, -0.05) is 13.8 Å². The normalized spacial score (nSPS) is 28.4. The molecule has 2 aliphatic rings. The zero-order valence-electron chi connectivity index (χ0n) is 17.8. The SMILES string of the molecule is CCC1(C)COCCN1C(=O)COCCOCC(=O)N1CCOCC1(C)CC. The summed E-state index contributed by atoms with van der Waals surface area (Å²) in [5.41, 5.74) is -0.544. The molecule has 2 heterocycles. The molecule has 0 saturated carbocycles. The zero-order valence-corrected chi connectivity index (χ0v) is 17.8. The number of ether oxygens (including phenoxy) is 4. The van der Waals surface area contributed by atoms with Crippen LogP contribution < -0.4 is 0 Å². The Balaban J connectivity index is 1.65. The second kappa shape index (κ2) is 10.5. The van der Waals surface area contributed by atoms with Gasteiger partial charge in [-0.05, 0) is 26.7 Å². The molecular formula is C20H36N2O6. The highest BCUT2D eigenvalue weighted by Crippen LogP contribution is 2.24. The van der Waals surface area contributed by atoms with Crippen molar-refractivity contribution in [2.24, 2.45) is 0 Å². The molecule has 2 atom stereocenters. The van der Waals surface area contributed by atoms with E-state index in [2.05, 4.69) is 13.8 Å². The molecule has 28 heavy (non-hydrogen) atoms. The van der Waals surface area contributed by atoms with Gasteiger partial charge in [0.1, 0.15) is 13.2 Å². The highest BCUT2D eigenvalue weighted by atomic mass is 16.5. The summed E-state index contributed by atoms with van der Waals surface area (Å²) in [6, 6.07) is 0. The van der Waals surface area contributed by atoms with Gasteiger partial charge in [0.15, 0.2) is 0 Å². The summed E-state index contributed by atoms with van der Waals surface area (Å²) >= 11 is 0. The molecule has 0 aromatic heterocycles. The summed E-state index contributed by atoms with van der Waals surface area (Å²) in [6.45, 7) is 12.2. The molecule has 8 nitrogen and oxygen atoms in total. The van der Waals surface area contributed by atoms with Crippen molar-refractivity contribution in [1.29, 1.82) is 0 Å². The second-order valence-electron chi connectivity index (χ2n) is 8.00. The summed E-state index contributed by atoms with van der Waals surface area (Å²) in [4.78, 5) is 28.6. The number of carbonyl (C=O) groups excluding carboxylic acids is 2. The van der Waals surface area contributed by atoms with Crippen molar-refractivity contribution in [3.63, 3.8) is 0 Å². The molecule has 8 heteroatoms. The summed E-state index contributed by atoms with van der Waals surface area (Å²) in [7, 11) is 0. The standard InChI is InChI=1S/C20H36N2O6/c1-5-19(3)15-27-9-7-21(19)17(23)13-25-11-12-26-14-18(24)22-8-10-28-16-20(22,4)6-2/h5-16H2,1-4H3. The Morgan fingerprint density at radius 1 is 0.821 bits per heavy atom. The Kier molecular flexibility index (Phi) is 8.67. The fraction of sp³-hybridized carbons (Fsp3) is 0.900. The van der Waals surface area contributed by atoms with Gasteiger partial charge in [-0.2, -0.15) is 0 Å². The van der Waals surface area contributed by atoms with Gasteiger partial charge < -0.3 is 28.7 Å². The van der Waals surface area contributed by atoms with E-state index in [-0.39, 0.29) is 49.3 Å². The smallest absolute Gasteiger partial charge is 0.249 e. The molecule has 0 aromatic rings. The quantitative estimate of drug-likeness (QED) is 0.539. The summed E-state index contributed by atoms with van der Waals surface area (Å²) in [5.74, 6) is -0.0634. The first kappa shape index (κ1) is 23.1. The minimum absolute atomic E-state index is 0.0181. The van der Waals surface area contributed by atoms with Crippen LogP contribution in [0.3, 0.4) is 0 Å². The maximum atomic E-state index is 12.5.